The summed E-state index contributed by atoms with van der Waals surface area (Å²) in [5, 5.41) is 10.7. The van der Waals surface area contributed by atoms with Gasteiger partial charge in [-0.05, 0) is 74.6 Å². The number of hydrogen-bond acceptors (Lipinski definition) is 2. The molecule has 0 bridgehead atoms. The molecule has 0 saturated carbocycles. The van der Waals surface area contributed by atoms with Crippen LogP contribution < -0.4 is 4.74 Å². The predicted molar refractivity (Wildman–Crippen MR) is 86.9 cm³/mol. The zero-order valence-corrected chi connectivity index (χ0v) is 13.5. The summed E-state index contributed by atoms with van der Waals surface area (Å²) in [7, 11) is 0. The van der Waals surface area contributed by atoms with Crippen LogP contribution in [-0.4, -0.2) is 11.2 Å². The van der Waals surface area contributed by atoms with E-state index in [-0.39, 0.29) is 6.10 Å². The zero-order valence-electron chi connectivity index (χ0n) is 13.5. The van der Waals surface area contributed by atoms with Crippen LogP contribution in [0.5, 0.6) is 5.75 Å². The van der Waals surface area contributed by atoms with Gasteiger partial charge in [0, 0.05) is 0 Å². The Morgan fingerprint density at radius 3 is 2.24 bits per heavy atom. The van der Waals surface area contributed by atoms with E-state index in [9.17, 15) is 5.11 Å². The van der Waals surface area contributed by atoms with Crippen molar-refractivity contribution in [3.63, 3.8) is 0 Å². The van der Waals surface area contributed by atoms with Crippen molar-refractivity contribution in [1.82, 2.24) is 0 Å². The van der Waals surface area contributed by atoms with Crippen LogP contribution in [0.15, 0.2) is 36.4 Å². The Bertz CT molecular complexity index is 629. The van der Waals surface area contributed by atoms with Gasteiger partial charge in [0.2, 0.25) is 0 Å². The monoisotopic (exact) mass is 284 g/mol. The van der Waals surface area contributed by atoms with Gasteiger partial charge < -0.3 is 9.84 Å². The second-order valence-electron chi connectivity index (χ2n) is 5.93. The first-order chi connectivity index (χ1) is 9.88. The van der Waals surface area contributed by atoms with Crippen molar-refractivity contribution in [3.8, 4) is 5.75 Å². The third-order valence-electron chi connectivity index (χ3n) is 3.72. The quantitative estimate of drug-likeness (QED) is 0.897. The van der Waals surface area contributed by atoms with E-state index >= 15 is 0 Å². The van der Waals surface area contributed by atoms with Gasteiger partial charge in [0.05, 0.1) is 6.10 Å². The van der Waals surface area contributed by atoms with Gasteiger partial charge >= 0.3 is 0 Å². The molecule has 0 fully saturated rings. The van der Waals surface area contributed by atoms with Gasteiger partial charge in [-0.1, -0.05) is 24.3 Å². The highest BCUT2D eigenvalue weighted by molar-refractivity contribution is 5.42. The number of rotatable bonds is 4. The Morgan fingerprint density at radius 1 is 0.905 bits per heavy atom. The summed E-state index contributed by atoms with van der Waals surface area (Å²) < 4.78 is 5.70. The lowest BCUT2D eigenvalue weighted by molar-refractivity contribution is 0.215. The van der Waals surface area contributed by atoms with E-state index in [0.717, 1.165) is 22.4 Å². The fourth-order valence-electron chi connectivity index (χ4n) is 2.49. The van der Waals surface area contributed by atoms with Gasteiger partial charge in [0.25, 0.3) is 0 Å². The van der Waals surface area contributed by atoms with Crippen molar-refractivity contribution in [3.05, 3.63) is 64.2 Å². The van der Waals surface area contributed by atoms with Gasteiger partial charge in [-0.15, -0.1) is 0 Å². The van der Waals surface area contributed by atoms with Gasteiger partial charge in [-0.2, -0.15) is 0 Å². The SMILES string of the molecule is Cc1cc(C)c(C(O)c2cccc(OC(C)C)c2)cc1C. The zero-order chi connectivity index (χ0) is 15.6. The molecule has 2 heteroatoms. The Morgan fingerprint density at radius 2 is 1.57 bits per heavy atom. The first kappa shape index (κ1) is 15.6. The molecular weight excluding hydrogens is 260 g/mol. The highest BCUT2D eigenvalue weighted by atomic mass is 16.5. The lowest BCUT2D eigenvalue weighted by atomic mass is 9.93. The maximum atomic E-state index is 10.7. The first-order valence-electron chi connectivity index (χ1n) is 7.41. The number of ether oxygens (including phenoxy) is 1. The molecule has 0 aliphatic rings. The summed E-state index contributed by atoms with van der Waals surface area (Å²) in [4.78, 5) is 0. The molecule has 112 valence electrons. The molecule has 2 rings (SSSR count). The second kappa shape index (κ2) is 6.31. The minimum atomic E-state index is -0.625. The van der Waals surface area contributed by atoms with E-state index in [1.807, 2.05) is 45.0 Å². The molecule has 1 N–H and O–H groups in total. The first-order valence-corrected chi connectivity index (χ1v) is 7.41. The third kappa shape index (κ3) is 3.64. The highest BCUT2D eigenvalue weighted by Crippen LogP contribution is 2.29. The fourth-order valence-corrected chi connectivity index (χ4v) is 2.49. The van der Waals surface area contributed by atoms with Crippen molar-refractivity contribution in [2.45, 2.75) is 46.8 Å². The molecule has 0 aliphatic carbocycles. The average Bonchev–Trinajstić information content (AvgIpc) is 2.41. The van der Waals surface area contributed by atoms with Gasteiger partial charge in [-0.25, -0.2) is 0 Å². The molecule has 0 aromatic heterocycles. The maximum Gasteiger partial charge on any atom is 0.120 e. The summed E-state index contributed by atoms with van der Waals surface area (Å²) in [6.45, 7) is 10.2. The Balaban J connectivity index is 2.36. The number of aryl methyl sites for hydroxylation is 3. The van der Waals surface area contributed by atoms with Gasteiger partial charge in [0.1, 0.15) is 11.9 Å². The Labute approximate surface area is 127 Å². The number of aliphatic hydroxyl groups is 1. The largest absolute Gasteiger partial charge is 0.491 e. The summed E-state index contributed by atoms with van der Waals surface area (Å²) in [5.74, 6) is 0.794. The smallest absolute Gasteiger partial charge is 0.120 e. The lowest BCUT2D eigenvalue weighted by Gasteiger charge is -2.18. The highest BCUT2D eigenvalue weighted by Gasteiger charge is 2.15. The molecule has 2 nitrogen and oxygen atoms in total. The van der Waals surface area contributed by atoms with E-state index < -0.39 is 6.10 Å². The van der Waals surface area contributed by atoms with Crippen molar-refractivity contribution >= 4 is 0 Å². The minimum absolute atomic E-state index is 0.126. The second-order valence-corrected chi connectivity index (χ2v) is 5.93. The average molecular weight is 284 g/mol. The summed E-state index contributed by atoms with van der Waals surface area (Å²) in [6, 6.07) is 11.9. The van der Waals surface area contributed by atoms with E-state index in [4.69, 9.17) is 4.74 Å². The topological polar surface area (TPSA) is 29.5 Å². The van der Waals surface area contributed by atoms with Crippen molar-refractivity contribution < 1.29 is 9.84 Å². The Hall–Kier alpha value is -1.80. The van der Waals surface area contributed by atoms with E-state index in [1.165, 1.54) is 11.1 Å². The van der Waals surface area contributed by atoms with Crippen LogP contribution in [0.1, 0.15) is 47.8 Å². The molecule has 2 aromatic carbocycles. The van der Waals surface area contributed by atoms with Crippen molar-refractivity contribution in [2.24, 2.45) is 0 Å². The molecule has 0 spiro atoms. The Kier molecular flexibility index (Phi) is 4.69. The molecule has 0 saturated heterocycles. The normalized spacial score (nSPS) is 12.5. The lowest BCUT2D eigenvalue weighted by Crippen LogP contribution is -2.07. The van der Waals surface area contributed by atoms with Crippen LogP contribution in [0.3, 0.4) is 0 Å². The van der Waals surface area contributed by atoms with Crippen molar-refractivity contribution in [1.29, 1.82) is 0 Å². The molecule has 0 aliphatic heterocycles. The van der Waals surface area contributed by atoms with Gasteiger partial charge in [0.15, 0.2) is 0 Å². The molecule has 2 aromatic rings. The summed E-state index contributed by atoms with van der Waals surface area (Å²) in [5.41, 5.74) is 5.38. The molecule has 0 amide bonds. The van der Waals surface area contributed by atoms with Gasteiger partial charge in [-0.3, -0.25) is 0 Å². The van der Waals surface area contributed by atoms with Crippen LogP contribution >= 0.6 is 0 Å². The standard InChI is InChI=1S/C19H24O2/c1-12(2)21-17-8-6-7-16(11-17)19(20)18-10-14(4)13(3)9-15(18)5/h6-12,19-20H,1-5H3. The van der Waals surface area contributed by atoms with Crippen LogP contribution in [0.25, 0.3) is 0 Å². The summed E-state index contributed by atoms with van der Waals surface area (Å²) in [6.07, 6.45) is -0.499. The van der Waals surface area contributed by atoms with Crippen molar-refractivity contribution in [2.75, 3.05) is 0 Å². The molecular formula is C19H24O2. The molecule has 21 heavy (non-hydrogen) atoms. The molecule has 0 radical (unpaired) electrons. The summed E-state index contributed by atoms with van der Waals surface area (Å²) >= 11 is 0. The predicted octanol–water partition coefficient (Wildman–Crippen LogP) is 4.48. The number of benzene rings is 2. The maximum absolute atomic E-state index is 10.7. The molecule has 1 atom stereocenters. The molecule has 1 unspecified atom stereocenters. The van der Waals surface area contributed by atoms with Crippen LogP contribution in [0, 0.1) is 20.8 Å². The fraction of sp³-hybridized carbons (Fsp3) is 0.368. The van der Waals surface area contributed by atoms with E-state index in [0.29, 0.717) is 0 Å². The van der Waals surface area contributed by atoms with Crippen LogP contribution in [-0.2, 0) is 0 Å². The minimum Gasteiger partial charge on any atom is -0.491 e. The van der Waals surface area contributed by atoms with E-state index in [2.05, 4.69) is 26.0 Å². The number of hydrogen-bond donors (Lipinski definition) is 1. The van der Waals surface area contributed by atoms with E-state index in [1.54, 1.807) is 0 Å². The van der Waals surface area contributed by atoms with Crippen LogP contribution in [0.2, 0.25) is 0 Å². The molecule has 0 heterocycles. The number of aliphatic hydroxyl groups excluding tert-OH is 1. The third-order valence-corrected chi connectivity index (χ3v) is 3.72. The van der Waals surface area contributed by atoms with Crippen LogP contribution in [0.4, 0.5) is 0 Å².